The number of nitrogens with two attached hydrogens (primary N) is 1. The van der Waals surface area contributed by atoms with E-state index in [9.17, 15) is 0 Å². The molecule has 0 amide bonds. The third kappa shape index (κ3) is 2.63. The minimum Gasteiger partial charge on any atom is -0.496 e. The lowest BCUT2D eigenvalue weighted by Crippen LogP contribution is -2.13. The quantitative estimate of drug-likeness (QED) is 0.925. The lowest BCUT2D eigenvalue weighted by atomic mass is 9.99. The zero-order valence-corrected chi connectivity index (χ0v) is 11.1. The molecule has 0 bridgehead atoms. The van der Waals surface area contributed by atoms with Gasteiger partial charge in [-0.2, -0.15) is 0 Å². The highest BCUT2D eigenvalue weighted by Crippen LogP contribution is 2.30. The third-order valence-electron chi connectivity index (χ3n) is 2.78. The summed E-state index contributed by atoms with van der Waals surface area (Å²) >= 11 is 6.01. The van der Waals surface area contributed by atoms with Crippen molar-refractivity contribution in [1.29, 1.82) is 0 Å². The Labute approximate surface area is 112 Å². The summed E-state index contributed by atoms with van der Waals surface area (Å²) in [7, 11) is 1.62. The Morgan fingerprint density at radius 3 is 2.72 bits per heavy atom. The number of aryl methyl sites for hydroxylation is 1. The summed E-state index contributed by atoms with van der Waals surface area (Å²) < 4.78 is 5.31. The van der Waals surface area contributed by atoms with Crippen LogP contribution in [0.5, 0.6) is 5.75 Å². The predicted molar refractivity (Wildman–Crippen MR) is 73.0 cm³/mol. The zero-order chi connectivity index (χ0) is 13.1. The molecular weight excluding hydrogens is 248 g/mol. The molecule has 94 valence electrons. The van der Waals surface area contributed by atoms with Crippen LogP contribution in [0.2, 0.25) is 5.02 Å². The van der Waals surface area contributed by atoms with E-state index in [4.69, 9.17) is 22.1 Å². The molecule has 0 aliphatic rings. The molecule has 4 heteroatoms. The van der Waals surface area contributed by atoms with E-state index in [0.29, 0.717) is 5.02 Å². The van der Waals surface area contributed by atoms with Gasteiger partial charge in [0, 0.05) is 23.0 Å². The van der Waals surface area contributed by atoms with Gasteiger partial charge in [-0.1, -0.05) is 17.7 Å². The van der Waals surface area contributed by atoms with E-state index >= 15 is 0 Å². The summed E-state index contributed by atoms with van der Waals surface area (Å²) in [5.41, 5.74) is 9.12. The molecule has 1 heterocycles. The van der Waals surface area contributed by atoms with Gasteiger partial charge in [0.2, 0.25) is 0 Å². The van der Waals surface area contributed by atoms with Gasteiger partial charge in [-0.25, -0.2) is 0 Å². The summed E-state index contributed by atoms with van der Waals surface area (Å²) in [6, 6.07) is 7.14. The topological polar surface area (TPSA) is 48.1 Å². The van der Waals surface area contributed by atoms with Gasteiger partial charge in [0.05, 0.1) is 13.2 Å². The van der Waals surface area contributed by atoms with Crippen molar-refractivity contribution in [2.24, 2.45) is 5.73 Å². The van der Waals surface area contributed by atoms with Crippen LogP contribution in [0.25, 0.3) is 0 Å². The molecule has 1 aromatic carbocycles. The fourth-order valence-electron chi connectivity index (χ4n) is 1.88. The fraction of sp³-hybridized carbons (Fsp3) is 0.214. The molecule has 1 aromatic heterocycles. The molecule has 18 heavy (non-hydrogen) atoms. The standard InChI is InChI=1S/C14H15ClN2O/c1-9-5-10(8-17-7-9)14(16)12-6-11(15)3-4-13(12)18-2/h3-8,14H,16H2,1-2H3. The Hall–Kier alpha value is -1.58. The van der Waals surface area contributed by atoms with Gasteiger partial charge in [0.15, 0.2) is 0 Å². The molecule has 2 N–H and O–H groups in total. The van der Waals surface area contributed by atoms with Crippen LogP contribution in [0.3, 0.4) is 0 Å². The Morgan fingerprint density at radius 1 is 1.28 bits per heavy atom. The SMILES string of the molecule is COc1ccc(Cl)cc1C(N)c1cncc(C)c1. The molecule has 0 radical (unpaired) electrons. The second kappa shape index (κ2) is 5.38. The van der Waals surface area contributed by atoms with Crippen LogP contribution in [-0.4, -0.2) is 12.1 Å². The van der Waals surface area contributed by atoms with Gasteiger partial charge >= 0.3 is 0 Å². The third-order valence-corrected chi connectivity index (χ3v) is 3.02. The Morgan fingerprint density at radius 2 is 2.06 bits per heavy atom. The number of halogens is 1. The van der Waals surface area contributed by atoms with Crippen molar-refractivity contribution < 1.29 is 4.74 Å². The number of hydrogen-bond donors (Lipinski definition) is 1. The average Bonchev–Trinajstić information content (AvgIpc) is 2.38. The minimum absolute atomic E-state index is 0.300. The Balaban J connectivity index is 2.44. The molecule has 2 aromatic rings. The van der Waals surface area contributed by atoms with Crippen molar-refractivity contribution in [3.05, 3.63) is 58.4 Å². The molecule has 1 atom stereocenters. The summed E-state index contributed by atoms with van der Waals surface area (Å²) in [6.07, 6.45) is 3.56. The van der Waals surface area contributed by atoms with Gasteiger partial charge < -0.3 is 10.5 Å². The number of pyridine rings is 1. The highest BCUT2D eigenvalue weighted by atomic mass is 35.5. The smallest absolute Gasteiger partial charge is 0.124 e. The second-order valence-electron chi connectivity index (χ2n) is 4.16. The number of nitrogens with zero attached hydrogens (tertiary/aromatic N) is 1. The van der Waals surface area contributed by atoms with Gasteiger partial charge in [-0.15, -0.1) is 0 Å². The Bertz CT molecular complexity index is 557. The Kier molecular flexibility index (Phi) is 3.84. The maximum atomic E-state index is 6.25. The molecule has 2 rings (SSSR count). The summed E-state index contributed by atoms with van der Waals surface area (Å²) in [6.45, 7) is 1.98. The van der Waals surface area contributed by atoms with Crippen LogP contribution in [-0.2, 0) is 0 Å². The van der Waals surface area contributed by atoms with Gasteiger partial charge in [0.25, 0.3) is 0 Å². The van der Waals surface area contributed by atoms with Gasteiger partial charge in [-0.05, 0) is 36.2 Å². The first-order valence-electron chi connectivity index (χ1n) is 5.62. The molecule has 0 aliphatic heterocycles. The molecule has 0 aliphatic carbocycles. The van der Waals surface area contributed by atoms with Gasteiger partial charge in [-0.3, -0.25) is 4.98 Å². The van der Waals surface area contributed by atoms with E-state index in [1.54, 1.807) is 25.6 Å². The first-order valence-corrected chi connectivity index (χ1v) is 6.00. The van der Waals surface area contributed by atoms with Crippen molar-refractivity contribution in [1.82, 2.24) is 4.98 Å². The lowest BCUT2D eigenvalue weighted by Gasteiger charge is -2.16. The van der Waals surface area contributed by atoms with E-state index in [1.807, 2.05) is 25.1 Å². The molecule has 0 spiro atoms. The van der Waals surface area contributed by atoms with Crippen LogP contribution >= 0.6 is 11.6 Å². The normalized spacial score (nSPS) is 12.2. The van der Waals surface area contributed by atoms with Crippen molar-refractivity contribution in [3.63, 3.8) is 0 Å². The fourth-order valence-corrected chi connectivity index (χ4v) is 2.06. The molecule has 0 saturated carbocycles. The van der Waals surface area contributed by atoms with E-state index in [-0.39, 0.29) is 6.04 Å². The summed E-state index contributed by atoms with van der Waals surface area (Å²) in [5, 5.41) is 0.641. The maximum Gasteiger partial charge on any atom is 0.124 e. The van der Waals surface area contributed by atoms with Crippen LogP contribution in [0.15, 0.2) is 36.7 Å². The van der Waals surface area contributed by atoms with Crippen LogP contribution in [0.1, 0.15) is 22.7 Å². The highest BCUT2D eigenvalue weighted by Gasteiger charge is 2.15. The summed E-state index contributed by atoms with van der Waals surface area (Å²) in [4.78, 5) is 4.15. The van der Waals surface area contributed by atoms with E-state index in [0.717, 1.165) is 22.4 Å². The van der Waals surface area contributed by atoms with Crippen LogP contribution in [0, 0.1) is 6.92 Å². The van der Waals surface area contributed by atoms with E-state index in [1.165, 1.54) is 0 Å². The predicted octanol–water partition coefficient (Wildman–Crippen LogP) is 3.10. The molecule has 0 fully saturated rings. The molecule has 1 unspecified atom stereocenters. The molecule has 3 nitrogen and oxygen atoms in total. The number of ether oxygens (including phenoxy) is 1. The van der Waals surface area contributed by atoms with Crippen LogP contribution < -0.4 is 10.5 Å². The van der Waals surface area contributed by atoms with Crippen molar-refractivity contribution in [2.75, 3.05) is 7.11 Å². The maximum absolute atomic E-state index is 6.25. The van der Waals surface area contributed by atoms with E-state index < -0.39 is 0 Å². The first-order chi connectivity index (χ1) is 8.61. The number of aromatic nitrogens is 1. The number of methoxy groups -OCH3 is 1. The second-order valence-corrected chi connectivity index (χ2v) is 4.60. The lowest BCUT2D eigenvalue weighted by molar-refractivity contribution is 0.408. The number of rotatable bonds is 3. The number of benzene rings is 1. The van der Waals surface area contributed by atoms with Crippen molar-refractivity contribution in [3.8, 4) is 5.75 Å². The van der Waals surface area contributed by atoms with Crippen molar-refractivity contribution >= 4 is 11.6 Å². The minimum atomic E-state index is -0.300. The van der Waals surface area contributed by atoms with E-state index in [2.05, 4.69) is 4.98 Å². The zero-order valence-electron chi connectivity index (χ0n) is 10.4. The van der Waals surface area contributed by atoms with Crippen LogP contribution in [0.4, 0.5) is 0 Å². The van der Waals surface area contributed by atoms with Gasteiger partial charge in [0.1, 0.15) is 5.75 Å². The van der Waals surface area contributed by atoms with Crippen molar-refractivity contribution in [2.45, 2.75) is 13.0 Å². The monoisotopic (exact) mass is 262 g/mol. The first kappa shape index (κ1) is 12.9. The number of hydrogen-bond acceptors (Lipinski definition) is 3. The summed E-state index contributed by atoms with van der Waals surface area (Å²) in [5.74, 6) is 0.730. The average molecular weight is 263 g/mol. The highest BCUT2D eigenvalue weighted by molar-refractivity contribution is 6.30. The molecule has 0 saturated heterocycles. The largest absolute Gasteiger partial charge is 0.496 e. The molecular formula is C14H15ClN2O.